The zero-order valence-electron chi connectivity index (χ0n) is 26.2. The minimum atomic E-state index is -0.0602. The molecule has 0 aromatic rings. The van der Waals surface area contributed by atoms with Gasteiger partial charge in [0.05, 0.1) is 25.0 Å². The van der Waals surface area contributed by atoms with Crippen molar-refractivity contribution in [1.82, 2.24) is 0 Å². The Morgan fingerprint density at radius 1 is 0.526 bits per heavy atom. The summed E-state index contributed by atoms with van der Waals surface area (Å²) >= 11 is 0. The van der Waals surface area contributed by atoms with Crippen LogP contribution < -0.4 is 0 Å². The molecule has 1 rings (SSSR count). The fraction of sp³-hybridized carbons (Fsp3) is 0.941. The van der Waals surface area contributed by atoms with Gasteiger partial charge in [-0.3, -0.25) is 9.59 Å². The Labute approximate surface area is 236 Å². The second kappa shape index (κ2) is 21.7. The molecule has 0 saturated heterocycles. The maximum Gasteiger partial charge on any atom is 0.308 e. The standard InChI is InChI=1S/C34H64O4/c1-7-27(3)17-13-9-11-15-19-29(5)25-37-33(35)31-21-23-32(24-22-31)34(36)38-26-30(6)20-16-12-10-14-18-28(4)8-2/h27-32H,7-26H2,1-6H3. The van der Waals surface area contributed by atoms with Crippen LogP contribution in [0.15, 0.2) is 0 Å². The zero-order valence-corrected chi connectivity index (χ0v) is 26.2. The van der Waals surface area contributed by atoms with Gasteiger partial charge in [0, 0.05) is 0 Å². The van der Waals surface area contributed by atoms with Crippen LogP contribution in [0.4, 0.5) is 0 Å². The predicted molar refractivity (Wildman–Crippen MR) is 160 cm³/mol. The van der Waals surface area contributed by atoms with Crippen LogP contribution in [-0.2, 0) is 19.1 Å². The summed E-state index contributed by atoms with van der Waals surface area (Å²) in [6, 6.07) is 0. The van der Waals surface area contributed by atoms with Gasteiger partial charge >= 0.3 is 11.9 Å². The Morgan fingerprint density at radius 2 is 0.816 bits per heavy atom. The van der Waals surface area contributed by atoms with Crippen LogP contribution in [0.1, 0.15) is 157 Å². The normalized spacial score (nSPS) is 20.9. The summed E-state index contributed by atoms with van der Waals surface area (Å²) in [6.45, 7) is 14.7. The van der Waals surface area contributed by atoms with Crippen molar-refractivity contribution in [1.29, 1.82) is 0 Å². The molecule has 4 heteroatoms. The van der Waals surface area contributed by atoms with E-state index in [9.17, 15) is 9.59 Å². The molecule has 38 heavy (non-hydrogen) atoms. The van der Waals surface area contributed by atoms with Gasteiger partial charge in [0.2, 0.25) is 0 Å². The number of hydrogen-bond acceptors (Lipinski definition) is 4. The molecule has 0 spiro atoms. The number of carbonyl (C=O) groups is 2. The van der Waals surface area contributed by atoms with Gasteiger partial charge in [-0.2, -0.15) is 0 Å². The van der Waals surface area contributed by atoms with Gasteiger partial charge < -0.3 is 9.47 Å². The second-order valence-electron chi connectivity index (χ2n) is 13.0. The lowest BCUT2D eigenvalue weighted by molar-refractivity contribution is -0.156. The van der Waals surface area contributed by atoms with Gasteiger partial charge in [-0.25, -0.2) is 0 Å². The van der Waals surface area contributed by atoms with Crippen LogP contribution in [-0.4, -0.2) is 25.2 Å². The topological polar surface area (TPSA) is 52.6 Å². The van der Waals surface area contributed by atoms with Crippen molar-refractivity contribution in [3.8, 4) is 0 Å². The van der Waals surface area contributed by atoms with E-state index in [1.54, 1.807) is 0 Å². The van der Waals surface area contributed by atoms with Gasteiger partial charge in [-0.15, -0.1) is 0 Å². The van der Waals surface area contributed by atoms with Crippen molar-refractivity contribution < 1.29 is 19.1 Å². The smallest absolute Gasteiger partial charge is 0.308 e. The summed E-state index contributed by atoms with van der Waals surface area (Å²) in [4.78, 5) is 25.2. The highest BCUT2D eigenvalue weighted by Crippen LogP contribution is 2.31. The summed E-state index contributed by atoms with van der Waals surface area (Å²) in [5, 5.41) is 0. The molecule has 0 amide bonds. The fourth-order valence-electron chi connectivity index (χ4n) is 5.50. The van der Waals surface area contributed by atoms with Crippen molar-refractivity contribution in [2.45, 2.75) is 157 Å². The highest BCUT2D eigenvalue weighted by Gasteiger charge is 2.32. The Hall–Kier alpha value is -1.06. The molecule has 4 unspecified atom stereocenters. The van der Waals surface area contributed by atoms with Crippen molar-refractivity contribution in [2.75, 3.05) is 13.2 Å². The quantitative estimate of drug-likeness (QED) is 0.102. The first-order chi connectivity index (χ1) is 18.3. The van der Waals surface area contributed by atoms with E-state index in [1.165, 1.54) is 77.0 Å². The lowest BCUT2D eigenvalue weighted by atomic mass is 9.82. The predicted octanol–water partition coefficient (Wildman–Crippen LogP) is 9.92. The van der Waals surface area contributed by atoms with Crippen LogP contribution in [0.3, 0.4) is 0 Å². The molecule has 0 heterocycles. The maximum absolute atomic E-state index is 12.6. The first kappa shape index (κ1) is 35.0. The summed E-state index contributed by atoms with van der Waals surface area (Å²) in [6.07, 6.45) is 20.8. The Balaban J connectivity index is 2.08. The van der Waals surface area contributed by atoms with E-state index in [-0.39, 0.29) is 23.8 Å². The fourth-order valence-corrected chi connectivity index (χ4v) is 5.50. The largest absolute Gasteiger partial charge is 0.465 e. The molecule has 0 aliphatic heterocycles. The second-order valence-corrected chi connectivity index (χ2v) is 13.0. The van der Waals surface area contributed by atoms with Crippen molar-refractivity contribution in [3.63, 3.8) is 0 Å². The lowest BCUT2D eigenvalue weighted by Crippen LogP contribution is -2.29. The monoisotopic (exact) mass is 536 g/mol. The molecule has 0 radical (unpaired) electrons. The highest BCUT2D eigenvalue weighted by molar-refractivity contribution is 5.75. The first-order valence-corrected chi connectivity index (χ1v) is 16.6. The van der Waals surface area contributed by atoms with Crippen LogP contribution >= 0.6 is 0 Å². The van der Waals surface area contributed by atoms with Crippen LogP contribution in [0, 0.1) is 35.5 Å². The Bertz CT molecular complexity index is 543. The third kappa shape index (κ3) is 16.8. The Morgan fingerprint density at radius 3 is 1.11 bits per heavy atom. The van der Waals surface area contributed by atoms with Gasteiger partial charge in [-0.1, -0.05) is 119 Å². The van der Waals surface area contributed by atoms with Crippen molar-refractivity contribution >= 4 is 11.9 Å². The SMILES string of the molecule is CCC(C)CCCCCCC(C)COC(=O)C1CCC(C(=O)OCC(C)CCCCCCC(C)CC)CC1. The molecule has 4 atom stereocenters. The summed E-state index contributed by atoms with van der Waals surface area (Å²) in [7, 11) is 0. The number of esters is 2. The summed E-state index contributed by atoms with van der Waals surface area (Å²) in [5.74, 6) is 2.33. The van der Waals surface area contributed by atoms with Gasteiger partial charge in [-0.05, 0) is 62.2 Å². The van der Waals surface area contributed by atoms with Gasteiger partial charge in [0.25, 0.3) is 0 Å². The maximum atomic E-state index is 12.6. The van der Waals surface area contributed by atoms with Crippen molar-refractivity contribution in [3.05, 3.63) is 0 Å². The van der Waals surface area contributed by atoms with E-state index in [0.717, 1.165) is 50.4 Å². The van der Waals surface area contributed by atoms with E-state index >= 15 is 0 Å². The van der Waals surface area contributed by atoms with Gasteiger partial charge in [0.1, 0.15) is 0 Å². The third-order valence-corrected chi connectivity index (χ3v) is 9.10. The molecule has 4 nitrogen and oxygen atoms in total. The molecular formula is C34H64O4. The minimum absolute atomic E-state index is 0.0500. The van der Waals surface area contributed by atoms with Gasteiger partial charge in [0.15, 0.2) is 0 Å². The van der Waals surface area contributed by atoms with E-state index in [0.29, 0.717) is 25.0 Å². The summed E-state index contributed by atoms with van der Waals surface area (Å²) in [5.41, 5.74) is 0. The van der Waals surface area contributed by atoms with E-state index in [4.69, 9.17) is 9.47 Å². The average molecular weight is 537 g/mol. The number of hydrogen-bond donors (Lipinski definition) is 0. The first-order valence-electron chi connectivity index (χ1n) is 16.6. The molecule has 0 aromatic heterocycles. The summed E-state index contributed by atoms with van der Waals surface area (Å²) < 4.78 is 11.3. The Kier molecular flexibility index (Phi) is 20.0. The number of rotatable bonds is 22. The van der Waals surface area contributed by atoms with E-state index < -0.39 is 0 Å². The lowest BCUT2D eigenvalue weighted by Gasteiger charge is -2.26. The molecule has 1 fully saturated rings. The number of unbranched alkanes of at least 4 members (excludes halogenated alkanes) is 6. The molecular weight excluding hydrogens is 472 g/mol. The molecule has 0 aromatic carbocycles. The number of carbonyl (C=O) groups excluding carboxylic acids is 2. The molecule has 1 aliphatic carbocycles. The molecule has 1 aliphatic rings. The third-order valence-electron chi connectivity index (χ3n) is 9.10. The molecule has 0 N–H and O–H groups in total. The van der Waals surface area contributed by atoms with Crippen LogP contribution in [0.25, 0.3) is 0 Å². The molecule has 1 saturated carbocycles. The average Bonchev–Trinajstić information content (AvgIpc) is 2.93. The highest BCUT2D eigenvalue weighted by atomic mass is 16.5. The molecule has 0 bridgehead atoms. The van der Waals surface area contributed by atoms with Crippen molar-refractivity contribution in [2.24, 2.45) is 35.5 Å². The van der Waals surface area contributed by atoms with E-state index in [1.807, 2.05) is 0 Å². The zero-order chi connectivity index (χ0) is 28.2. The number of ether oxygens (including phenoxy) is 2. The minimum Gasteiger partial charge on any atom is -0.465 e. The van der Waals surface area contributed by atoms with E-state index in [2.05, 4.69) is 41.5 Å². The van der Waals surface area contributed by atoms with Crippen LogP contribution in [0.5, 0.6) is 0 Å². The van der Waals surface area contributed by atoms with Crippen LogP contribution in [0.2, 0.25) is 0 Å². The molecule has 224 valence electrons.